The normalized spacial score (nSPS) is 10.5. The second kappa shape index (κ2) is 6.93. The lowest BCUT2D eigenvalue weighted by Gasteiger charge is -2.12. The highest BCUT2D eigenvalue weighted by Gasteiger charge is 2.06. The van der Waals surface area contributed by atoms with Crippen molar-refractivity contribution in [3.63, 3.8) is 0 Å². The quantitative estimate of drug-likeness (QED) is 0.745. The predicted molar refractivity (Wildman–Crippen MR) is 83.2 cm³/mol. The van der Waals surface area contributed by atoms with Crippen molar-refractivity contribution in [2.75, 3.05) is 7.11 Å². The van der Waals surface area contributed by atoms with Gasteiger partial charge in [0.15, 0.2) is 11.5 Å². The molecule has 0 aliphatic rings. The lowest BCUT2D eigenvalue weighted by molar-refractivity contribution is 0.112. The van der Waals surface area contributed by atoms with E-state index in [0.717, 1.165) is 11.8 Å². The summed E-state index contributed by atoms with van der Waals surface area (Å²) in [5.41, 5.74) is 2.98. The summed E-state index contributed by atoms with van der Waals surface area (Å²) in [6.07, 6.45) is 0.789. The molecule has 0 saturated carbocycles. The molecular formula is C18H20O3. The summed E-state index contributed by atoms with van der Waals surface area (Å²) >= 11 is 0. The molecule has 2 aromatic carbocycles. The number of rotatable bonds is 6. The molecule has 0 unspecified atom stereocenters. The van der Waals surface area contributed by atoms with E-state index in [1.54, 1.807) is 25.3 Å². The Labute approximate surface area is 125 Å². The first-order valence-electron chi connectivity index (χ1n) is 6.99. The Morgan fingerprint density at radius 3 is 2.33 bits per heavy atom. The molecule has 0 spiro atoms. The van der Waals surface area contributed by atoms with Gasteiger partial charge in [-0.25, -0.2) is 0 Å². The summed E-state index contributed by atoms with van der Waals surface area (Å²) in [4.78, 5) is 10.8. The third-order valence-corrected chi connectivity index (χ3v) is 3.36. The van der Waals surface area contributed by atoms with Gasteiger partial charge in [0.2, 0.25) is 0 Å². The second-order valence-corrected chi connectivity index (χ2v) is 5.21. The van der Waals surface area contributed by atoms with Crippen LogP contribution in [0.5, 0.6) is 11.5 Å². The third kappa shape index (κ3) is 3.85. The number of methoxy groups -OCH3 is 1. The third-order valence-electron chi connectivity index (χ3n) is 3.36. The van der Waals surface area contributed by atoms with Crippen LogP contribution in [0.15, 0.2) is 42.5 Å². The molecule has 110 valence electrons. The summed E-state index contributed by atoms with van der Waals surface area (Å²) in [6, 6.07) is 13.5. The van der Waals surface area contributed by atoms with Crippen molar-refractivity contribution in [3.05, 3.63) is 59.2 Å². The summed E-state index contributed by atoms with van der Waals surface area (Å²) in [5, 5.41) is 0. The highest BCUT2D eigenvalue weighted by Crippen LogP contribution is 2.28. The molecule has 0 aliphatic heterocycles. The maximum atomic E-state index is 10.8. The molecule has 3 heteroatoms. The lowest BCUT2D eigenvalue weighted by atomic mass is 10.0. The molecule has 2 rings (SSSR count). The minimum atomic E-state index is 0.467. The van der Waals surface area contributed by atoms with Crippen LogP contribution in [-0.2, 0) is 6.61 Å². The number of carbonyl (C=O) groups is 1. The minimum absolute atomic E-state index is 0.467. The predicted octanol–water partition coefficient (Wildman–Crippen LogP) is 4.21. The topological polar surface area (TPSA) is 35.5 Å². The molecule has 0 bridgehead atoms. The molecule has 0 aliphatic carbocycles. The standard InChI is InChI=1S/C18H20O3/c1-13(2)16-7-4-14(5-8-16)12-21-17-9-6-15(11-19)10-18(17)20-3/h4-11,13H,12H2,1-3H3. The van der Waals surface area contributed by atoms with Crippen LogP contribution in [0.1, 0.15) is 41.3 Å². The zero-order valence-corrected chi connectivity index (χ0v) is 12.6. The number of aldehydes is 1. The first kappa shape index (κ1) is 15.1. The first-order valence-corrected chi connectivity index (χ1v) is 6.99. The molecule has 0 saturated heterocycles. The van der Waals surface area contributed by atoms with Crippen molar-refractivity contribution in [2.24, 2.45) is 0 Å². The molecule has 2 aromatic rings. The van der Waals surface area contributed by atoms with Gasteiger partial charge in [-0.05, 0) is 35.2 Å². The van der Waals surface area contributed by atoms with Crippen molar-refractivity contribution in [3.8, 4) is 11.5 Å². The van der Waals surface area contributed by atoms with E-state index in [1.165, 1.54) is 5.56 Å². The van der Waals surface area contributed by atoms with Gasteiger partial charge >= 0.3 is 0 Å². The summed E-state index contributed by atoms with van der Waals surface area (Å²) in [5.74, 6) is 1.73. The Bertz CT molecular complexity index is 600. The fraction of sp³-hybridized carbons (Fsp3) is 0.278. The van der Waals surface area contributed by atoms with Crippen LogP contribution in [0.3, 0.4) is 0 Å². The number of carbonyl (C=O) groups excluding carboxylic acids is 1. The minimum Gasteiger partial charge on any atom is -0.493 e. The Kier molecular flexibility index (Phi) is 4.99. The molecule has 0 heterocycles. The van der Waals surface area contributed by atoms with Gasteiger partial charge in [-0.15, -0.1) is 0 Å². The van der Waals surface area contributed by atoms with Gasteiger partial charge in [0, 0.05) is 5.56 Å². The summed E-state index contributed by atoms with van der Waals surface area (Å²) in [7, 11) is 1.56. The number of benzene rings is 2. The maximum absolute atomic E-state index is 10.8. The average molecular weight is 284 g/mol. The molecule has 0 N–H and O–H groups in total. The lowest BCUT2D eigenvalue weighted by Crippen LogP contribution is -1.99. The largest absolute Gasteiger partial charge is 0.493 e. The van der Waals surface area contributed by atoms with Crippen molar-refractivity contribution < 1.29 is 14.3 Å². The second-order valence-electron chi connectivity index (χ2n) is 5.21. The number of hydrogen-bond acceptors (Lipinski definition) is 3. The van der Waals surface area contributed by atoms with Crippen molar-refractivity contribution >= 4 is 6.29 Å². The van der Waals surface area contributed by atoms with Crippen LogP contribution in [-0.4, -0.2) is 13.4 Å². The highest BCUT2D eigenvalue weighted by molar-refractivity contribution is 5.76. The molecule has 0 fully saturated rings. The SMILES string of the molecule is COc1cc(C=O)ccc1OCc1ccc(C(C)C)cc1. The van der Waals surface area contributed by atoms with E-state index >= 15 is 0 Å². The van der Waals surface area contributed by atoms with E-state index in [1.807, 2.05) is 0 Å². The van der Waals surface area contributed by atoms with Gasteiger partial charge in [0.1, 0.15) is 12.9 Å². The molecule has 0 atom stereocenters. The van der Waals surface area contributed by atoms with Crippen LogP contribution >= 0.6 is 0 Å². The van der Waals surface area contributed by atoms with Crippen molar-refractivity contribution in [1.29, 1.82) is 0 Å². The zero-order chi connectivity index (χ0) is 15.2. The maximum Gasteiger partial charge on any atom is 0.161 e. The van der Waals surface area contributed by atoms with E-state index < -0.39 is 0 Å². The van der Waals surface area contributed by atoms with Crippen molar-refractivity contribution in [2.45, 2.75) is 26.4 Å². The monoisotopic (exact) mass is 284 g/mol. The molecule has 3 nitrogen and oxygen atoms in total. The summed E-state index contributed by atoms with van der Waals surface area (Å²) in [6.45, 7) is 4.81. The molecule has 0 amide bonds. The molecular weight excluding hydrogens is 264 g/mol. The Hall–Kier alpha value is -2.29. The van der Waals surface area contributed by atoms with Crippen molar-refractivity contribution in [1.82, 2.24) is 0 Å². The fourth-order valence-electron chi connectivity index (χ4n) is 2.04. The molecule has 0 aromatic heterocycles. The van der Waals surface area contributed by atoms with Gasteiger partial charge in [-0.1, -0.05) is 38.1 Å². The Balaban J connectivity index is 2.07. The average Bonchev–Trinajstić information content (AvgIpc) is 2.53. The van der Waals surface area contributed by atoms with Gasteiger partial charge in [0.25, 0.3) is 0 Å². The first-order chi connectivity index (χ1) is 10.1. The van der Waals surface area contributed by atoms with E-state index in [0.29, 0.717) is 29.6 Å². The molecule has 21 heavy (non-hydrogen) atoms. The van der Waals surface area contributed by atoms with E-state index in [-0.39, 0.29) is 0 Å². The van der Waals surface area contributed by atoms with Crippen LogP contribution in [0.4, 0.5) is 0 Å². The van der Waals surface area contributed by atoms with E-state index in [9.17, 15) is 4.79 Å². The van der Waals surface area contributed by atoms with Gasteiger partial charge in [-0.2, -0.15) is 0 Å². The van der Waals surface area contributed by atoms with E-state index in [2.05, 4.69) is 38.1 Å². The van der Waals surface area contributed by atoms with Gasteiger partial charge < -0.3 is 9.47 Å². The van der Waals surface area contributed by atoms with E-state index in [4.69, 9.17) is 9.47 Å². The molecule has 0 radical (unpaired) electrons. The summed E-state index contributed by atoms with van der Waals surface area (Å²) < 4.78 is 11.0. The highest BCUT2D eigenvalue weighted by atomic mass is 16.5. The van der Waals surface area contributed by atoms with Crippen LogP contribution < -0.4 is 9.47 Å². The zero-order valence-electron chi connectivity index (χ0n) is 12.6. The van der Waals surface area contributed by atoms with Crippen LogP contribution in [0.25, 0.3) is 0 Å². The number of hydrogen-bond donors (Lipinski definition) is 0. The fourth-order valence-corrected chi connectivity index (χ4v) is 2.04. The van der Waals surface area contributed by atoms with Crippen LogP contribution in [0.2, 0.25) is 0 Å². The van der Waals surface area contributed by atoms with Crippen LogP contribution in [0, 0.1) is 0 Å². The Morgan fingerprint density at radius 1 is 1.05 bits per heavy atom. The Morgan fingerprint density at radius 2 is 1.76 bits per heavy atom. The van der Waals surface area contributed by atoms with Gasteiger partial charge in [-0.3, -0.25) is 4.79 Å². The van der Waals surface area contributed by atoms with Gasteiger partial charge in [0.05, 0.1) is 7.11 Å². The smallest absolute Gasteiger partial charge is 0.161 e. The number of ether oxygens (including phenoxy) is 2.